The van der Waals surface area contributed by atoms with Crippen LogP contribution >= 0.6 is 0 Å². The number of rotatable bonds is 11. The molecule has 192 valence electrons. The Hall–Kier alpha value is -2.83. The van der Waals surface area contributed by atoms with Crippen LogP contribution in [0.15, 0.2) is 63.4 Å². The maximum atomic E-state index is 13.7. The first-order valence-electron chi connectivity index (χ1n) is 11.3. The van der Waals surface area contributed by atoms with Crippen LogP contribution in [-0.4, -0.2) is 61.2 Å². The van der Waals surface area contributed by atoms with Crippen molar-refractivity contribution in [3.8, 4) is 0 Å². The zero-order chi connectivity index (χ0) is 25.6. The van der Waals surface area contributed by atoms with Crippen molar-refractivity contribution in [2.45, 2.75) is 38.8 Å². The standard InChI is InChI=1S/C24H33N3O7S/c1-24(2,12-13-25)16-27(35(31,32)23-33-20-10-6-7-11-21(20)34-23)15-19(28)18(26-22(29)30)14-17-8-4-3-5-9-17/h3-11,18-19,26,28H,12-16,25H2,1-2H3,(H,29,30)(H,31,32)/t18-,19+/m0/s1. The van der Waals surface area contributed by atoms with E-state index in [1.54, 1.807) is 24.3 Å². The fourth-order valence-corrected chi connectivity index (χ4v) is 5.37. The summed E-state index contributed by atoms with van der Waals surface area (Å²) in [6.45, 7) is 3.88. The highest BCUT2D eigenvalue weighted by Crippen LogP contribution is 2.25. The molecule has 0 aliphatic carbocycles. The first kappa shape index (κ1) is 26.8. The van der Waals surface area contributed by atoms with E-state index in [1.807, 2.05) is 44.2 Å². The van der Waals surface area contributed by atoms with Gasteiger partial charge in [0.05, 0.1) is 12.1 Å². The van der Waals surface area contributed by atoms with E-state index in [1.165, 1.54) is 4.31 Å². The number of hydrogen-bond acceptors (Lipinski definition) is 6. The molecule has 3 atom stereocenters. The molecule has 1 heterocycles. The monoisotopic (exact) mass is 507 g/mol. The van der Waals surface area contributed by atoms with Gasteiger partial charge in [0, 0.05) is 13.1 Å². The number of carboxylic acid groups (broad SMARTS) is 1. The van der Waals surface area contributed by atoms with Crippen molar-refractivity contribution in [3.63, 3.8) is 0 Å². The van der Waals surface area contributed by atoms with Gasteiger partial charge >= 0.3 is 11.0 Å². The molecule has 0 radical (unpaired) electrons. The lowest BCUT2D eigenvalue weighted by Gasteiger charge is -2.34. The maximum Gasteiger partial charge on any atom is 0.404 e. The summed E-state index contributed by atoms with van der Waals surface area (Å²) in [4.78, 5) is 10.9. The Morgan fingerprint density at radius 3 is 2.23 bits per heavy atom. The van der Waals surface area contributed by atoms with E-state index in [9.17, 15) is 23.8 Å². The highest BCUT2D eigenvalue weighted by atomic mass is 32.2. The third kappa shape index (κ3) is 7.09. The van der Waals surface area contributed by atoms with Crippen LogP contribution in [0.2, 0.25) is 0 Å². The molecule has 0 fully saturated rings. The van der Waals surface area contributed by atoms with Crippen LogP contribution in [0, 0.1) is 10.3 Å². The minimum Gasteiger partial charge on any atom is -0.465 e. The normalized spacial score (nSPS) is 15.6. The molecule has 10 nitrogen and oxygen atoms in total. The molecular weight excluding hydrogens is 474 g/mol. The van der Waals surface area contributed by atoms with E-state index in [-0.39, 0.29) is 19.5 Å². The van der Waals surface area contributed by atoms with E-state index in [0.717, 1.165) is 5.56 Å². The Balaban J connectivity index is 2.00. The van der Waals surface area contributed by atoms with E-state index in [0.29, 0.717) is 24.1 Å². The molecule has 0 spiro atoms. The van der Waals surface area contributed by atoms with Gasteiger partial charge in [-0.3, -0.25) is 4.55 Å². The smallest absolute Gasteiger partial charge is 0.404 e. The molecule has 6 N–H and O–H groups in total. The molecule has 1 aromatic heterocycles. The number of fused-ring (bicyclic) bond motifs is 1. The largest absolute Gasteiger partial charge is 0.465 e. The Kier molecular flexibility index (Phi) is 8.62. The van der Waals surface area contributed by atoms with Gasteiger partial charge in [-0.1, -0.05) is 56.3 Å². The number of nitrogens with one attached hydrogen (secondary N) is 1. The van der Waals surface area contributed by atoms with Gasteiger partial charge in [0.15, 0.2) is 11.2 Å². The molecule has 0 saturated carbocycles. The average molecular weight is 508 g/mol. The van der Waals surface area contributed by atoms with Crippen LogP contribution in [0.3, 0.4) is 0 Å². The second-order valence-corrected chi connectivity index (χ2v) is 11.1. The number of nitrogens with zero attached hydrogens (tertiary/aromatic N) is 1. The van der Waals surface area contributed by atoms with Crippen molar-refractivity contribution in [2.24, 2.45) is 11.1 Å². The van der Waals surface area contributed by atoms with Gasteiger partial charge in [0.25, 0.3) is 0 Å². The van der Waals surface area contributed by atoms with E-state index < -0.39 is 38.5 Å². The summed E-state index contributed by atoms with van der Waals surface area (Å²) >= 11 is 0. The highest BCUT2D eigenvalue weighted by Gasteiger charge is 2.33. The summed E-state index contributed by atoms with van der Waals surface area (Å²) < 4.78 is 37.1. The number of aliphatic hydroxyl groups is 1. The summed E-state index contributed by atoms with van der Waals surface area (Å²) in [7, 11) is -4.07. The number of aliphatic hydroxyl groups excluding tert-OH is 1. The fourth-order valence-electron chi connectivity index (χ4n) is 3.88. The first-order valence-corrected chi connectivity index (χ1v) is 12.7. The van der Waals surface area contributed by atoms with Gasteiger partial charge < -0.3 is 30.1 Å². The molecule has 0 bridgehead atoms. The van der Waals surface area contributed by atoms with Crippen LogP contribution in [0.5, 0.6) is 0 Å². The van der Waals surface area contributed by atoms with Crippen LogP contribution < -0.4 is 11.1 Å². The lowest BCUT2D eigenvalue weighted by molar-refractivity contribution is 0.0894. The van der Waals surface area contributed by atoms with Crippen LogP contribution in [0.4, 0.5) is 4.79 Å². The predicted octanol–water partition coefficient (Wildman–Crippen LogP) is 3.15. The van der Waals surface area contributed by atoms with Crippen molar-refractivity contribution in [3.05, 3.63) is 65.1 Å². The molecule has 35 heavy (non-hydrogen) atoms. The minimum atomic E-state index is -4.07. The summed E-state index contributed by atoms with van der Waals surface area (Å²) in [6.07, 6.45) is -1.89. The number of benzene rings is 2. The summed E-state index contributed by atoms with van der Waals surface area (Å²) in [5, 5.41) is 22.7. The molecule has 11 heteroatoms. The number of para-hydroxylation sites is 2. The van der Waals surface area contributed by atoms with Gasteiger partial charge in [-0.2, -0.15) is 0 Å². The van der Waals surface area contributed by atoms with Crippen molar-refractivity contribution < 1.29 is 32.6 Å². The SMILES string of the molecule is CC(C)(CCN)CN(C[C@@H](O)[C@H](Cc1ccccc1)NC(=O)O)S(=O)(O)=c1oc2ccccc2o1. The lowest BCUT2D eigenvalue weighted by Crippen LogP contribution is -2.51. The maximum absolute atomic E-state index is 13.7. The molecule has 0 saturated heterocycles. The van der Waals surface area contributed by atoms with Crippen LogP contribution in [0.1, 0.15) is 25.8 Å². The zero-order valence-corrected chi connectivity index (χ0v) is 20.6. The van der Waals surface area contributed by atoms with Crippen LogP contribution in [0.25, 0.3) is 11.2 Å². The van der Waals surface area contributed by atoms with Crippen LogP contribution in [-0.2, 0) is 16.4 Å². The lowest BCUT2D eigenvalue weighted by atomic mass is 9.89. The molecule has 3 aromatic rings. The molecule has 3 rings (SSSR count). The average Bonchev–Trinajstić information content (AvgIpc) is 3.23. The fraction of sp³-hybridized carbons (Fsp3) is 0.417. The van der Waals surface area contributed by atoms with Crippen molar-refractivity contribution >= 4 is 27.2 Å². The summed E-state index contributed by atoms with van der Waals surface area (Å²) in [5.74, 6) is 0. The second kappa shape index (κ2) is 11.3. The number of nitrogens with two attached hydrogens (primary N) is 1. The van der Waals surface area contributed by atoms with E-state index in [2.05, 4.69) is 5.32 Å². The molecule has 2 aromatic carbocycles. The predicted molar refractivity (Wildman–Crippen MR) is 133 cm³/mol. The molecule has 0 aliphatic heterocycles. The highest BCUT2D eigenvalue weighted by molar-refractivity contribution is 7.87. The quantitative estimate of drug-likeness (QED) is 0.247. The molecule has 1 unspecified atom stereocenters. The summed E-state index contributed by atoms with van der Waals surface area (Å²) in [6, 6.07) is 14.8. The van der Waals surface area contributed by atoms with Gasteiger partial charge in [0.1, 0.15) is 0 Å². The number of hydrogen-bond donors (Lipinski definition) is 5. The topological polar surface area (TPSA) is 162 Å². The van der Waals surface area contributed by atoms with Crippen molar-refractivity contribution in [1.29, 1.82) is 0 Å². The molecule has 0 aliphatic rings. The van der Waals surface area contributed by atoms with Crippen molar-refractivity contribution in [2.75, 3.05) is 19.6 Å². The Morgan fingerprint density at radius 2 is 1.69 bits per heavy atom. The third-order valence-corrected chi connectivity index (χ3v) is 7.27. The van der Waals surface area contributed by atoms with Gasteiger partial charge in [-0.15, -0.1) is 0 Å². The Bertz CT molecular complexity index is 1240. The Morgan fingerprint density at radius 1 is 1.11 bits per heavy atom. The first-order chi connectivity index (χ1) is 16.5. The van der Waals surface area contributed by atoms with E-state index >= 15 is 0 Å². The van der Waals surface area contributed by atoms with Crippen molar-refractivity contribution in [1.82, 2.24) is 9.62 Å². The minimum absolute atomic E-state index is 0.0638. The molecule has 1 amide bonds. The van der Waals surface area contributed by atoms with Gasteiger partial charge in [0.2, 0.25) is 9.99 Å². The van der Waals surface area contributed by atoms with Gasteiger partial charge in [-0.05, 0) is 42.5 Å². The Labute approximate surface area is 204 Å². The number of carbonyl (C=O) groups is 1. The third-order valence-electron chi connectivity index (χ3n) is 5.69. The zero-order valence-electron chi connectivity index (χ0n) is 19.8. The van der Waals surface area contributed by atoms with Gasteiger partial charge in [-0.25, -0.2) is 13.3 Å². The van der Waals surface area contributed by atoms with E-state index in [4.69, 9.17) is 14.6 Å². The molecular formula is C24H33N3O7S. The second-order valence-electron chi connectivity index (χ2n) is 9.24. The summed E-state index contributed by atoms with van der Waals surface area (Å²) in [5.41, 5.74) is 6.65. The number of amides is 1.